The number of nitrogens with zero attached hydrogens (tertiary/aromatic N) is 3. The van der Waals surface area contributed by atoms with Crippen molar-refractivity contribution in [2.45, 2.75) is 12.8 Å². The lowest BCUT2D eigenvalue weighted by Crippen LogP contribution is -2.43. The van der Waals surface area contributed by atoms with Crippen LogP contribution in [0.2, 0.25) is 0 Å². The maximum Gasteiger partial charge on any atom is 0.409 e. The Morgan fingerprint density at radius 1 is 1.46 bits per heavy atom. The molecule has 128 valence electrons. The van der Waals surface area contributed by atoms with E-state index in [0.717, 1.165) is 24.2 Å². The number of nitrogens with one attached hydrogen (secondary N) is 1. The molecule has 2 amide bonds. The highest BCUT2D eigenvalue weighted by atomic mass is 32.1. The lowest BCUT2D eigenvalue weighted by Gasteiger charge is -2.30. The molecule has 8 heteroatoms. The van der Waals surface area contributed by atoms with E-state index in [1.165, 1.54) is 18.4 Å². The Bertz CT molecular complexity index is 739. The van der Waals surface area contributed by atoms with Gasteiger partial charge in [0, 0.05) is 31.7 Å². The van der Waals surface area contributed by atoms with Gasteiger partial charge in [-0.25, -0.2) is 9.78 Å². The summed E-state index contributed by atoms with van der Waals surface area (Å²) in [6, 6.07) is 3.94. The summed E-state index contributed by atoms with van der Waals surface area (Å²) >= 11 is 1.40. The van der Waals surface area contributed by atoms with Crippen LogP contribution in [0, 0.1) is 5.92 Å². The zero-order chi connectivity index (χ0) is 17.1. The van der Waals surface area contributed by atoms with Gasteiger partial charge in [-0.2, -0.15) is 0 Å². The molecule has 0 unspecified atom stereocenters. The third-order valence-corrected chi connectivity index (χ3v) is 4.92. The molecule has 1 atom stereocenters. The Morgan fingerprint density at radius 3 is 3.00 bits per heavy atom. The van der Waals surface area contributed by atoms with E-state index in [-0.39, 0.29) is 17.9 Å². The highest BCUT2D eigenvalue weighted by molar-refractivity contribution is 7.14. The minimum absolute atomic E-state index is 0.101. The first-order valence-electron chi connectivity index (χ1n) is 7.79. The summed E-state index contributed by atoms with van der Waals surface area (Å²) in [5, 5.41) is 5.37. The number of aryl methyl sites for hydroxylation is 1. The van der Waals surface area contributed by atoms with E-state index in [1.54, 1.807) is 4.90 Å². The van der Waals surface area contributed by atoms with E-state index >= 15 is 0 Å². The molecule has 1 aliphatic heterocycles. The molecular formula is C16H20N4O3S. The van der Waals surface area contributed by atoms with Gasteiger partial charge in [0.05, 0.1) is 24.4 Å². The highest BCUT2D eigenvalue weighted by Gasteiger charge is 2.29. The average Bonchev–Trinajstić information content (AvgIpc) is 3.22. The Labute approximate surface area is 144 Å². The van der Waals surface area contributed by atoms with Crippen LogP contribution in [0.25, 0.3) is 11.4 Å². The predicted octanol–water partition coefficient (Wildman–Crippen LogP) is 2.57. The third kappa shape index (κ3) is 3.43. The monoisotopic (exact) mass is 348 g/mol. The van der Waals surface area contributed by atoms with Crippen molar-refractivity contribution in [2.75, 3.05) is 25.5 Å². The fourth-order valence-electron chi connectivity index (χ4n) is 2.87. The van der Waals surface area contributed by atoms with E-state index in [0.29, 0.717) is 18.2 Å². The normalized spacial score (nSPS) is 17.6. The molecule has 3 rings (SSSR count). The molecule has 0 aliphatic carbocycles. The third-order valence-electron chi connectivity index (χ3n) is 4.17. The number of aromatic nitrogens is 2. The zero-order valence-electron chi connectivity index (χ0n) is 13.7. The van der Waals surface area contributed by atoms with E-state index in [9.17, 15) is 9.59 Å². The van der Waals surface area contributed by atoms with Crippen molar-refractivity contribution in [1.29, 1.82) is 0 Å². The van der Waals surface area contributed by atoms with Crippen molar-refractivity contribution >= 4 is 28.5 Å². The molecule has 1 N–H and O–H groups in total. The first-order chi connectivity index (χ1) is 11.6. The fourth-order valence-corrected chi connectivity index (χ4v) is 3.58. The minimum atomic E-state index is -0.382. The van der Waals surface area contributed by atoms with Crippen molar-refractivity contribution in [3.05, 3.63) is 23.7 Å². The number of thiazole rings is 1. The Balaban J connectivity index is 1.64. The SMILES string of the molecule is COC(=O)N1CCC[C@H](C(=O)Nc2nc(-c3cccn3C)cs2)C1. The van der Waals surface area contributed by atoms with Gasteiger partial charge in [0.15, 0.2) is 5.13 Å². The zero-order valence-corrected chi connectivity index (χ0v) is 14.5. The van der Waals surface area contributed by atoms with Gasteiger partial charge in [-0.3, -0.25) is 4.79 Å². The second-order valence-corrected chi connectivity index (χ2v) is 6.64. The predicted molar refractivity (Wildman–Crippen MR) is 91.9 cm³/mol. The van der Waals surface area contributed by atoms with Crippen molar-refractivity contribution in [2.24, 2.45) is 13.0 Å². The molecule has 0 bridgehead atoms. The molecule has 0 saturated carbocycles. The summed E-state index contributed by atoms with van der Waals surface area (Å²) in [5.41, 5.74) is 1.84. The number of piperidine rings is 1. The summed E-state index contributed by atoms with van der Waals surface area (Å²) < 4.78 is 6.72. The average molecular weight is 348 g/mol. The molecule has 0 spiro atoms. The number of likely N-dealkylation sites (tertiary alicyclic amines) is 1. The number of hydrogen-bond donors (Lipinski definition) is 1. The van der Waals surface area contributed by atoms with Crippen molar-refractivity contribution in [1.82, 2.24) is 14.5 Å². The molecule has 1 aliphatic rings. The minimum Gasteiger partial charge on any atom is -0.453 e. The number of hydrogen-bond acceptors (Lipinski definition) is 5. The molecule has 0 radical (unpaired) electrons. The van der Waals surface area contributed by atoms with E-state index < -0.39 is 0 Å². The second kappa shape index (κ2) is 7.04. The summed E-state index contributed by atoms with van der Waals surface area (Å²) in [7, 11) is 3.31. The summed E-state index contributed by atoms with van der Waals surface area (Å²) in [6.07, 6.45) is 3.12. The van der Waals surface area contributed by atoms with Crippen LogP contribution in [0.1, 0.15) is 12.8 Å². The van der Waals surface area contributed by atoms with Gasteiger partial charge in [0.25, 0.3) is 0 Å². The van der Waals surface area contributed by atoms with Gasteiger partial charge < -0.3 is 19.5 Å². The van der Waals surface area contributed by atoms with Gasteiger partial charge >= 0.3 is 6.09 Å². The Hall–Kier alpha value is -2.35. The fraction of sp³-hybridized carbons (Fsp3) is 0.438. The molecule has 0 aromatic carbocycles. The maximum absolute atomic E-state index is 12.5. The van der Waals surface area contributed by atoms with Crippen LogP contribution in [0.15, 0.2) is 23.7 Å². The first-order valence-corrected chi connectivity index (χ1v) is 8.67. The highest BCUT2D eigenvalue weighted by Crippen LogP contribution is 2.26. The lowest BCUT2D eigenvalue weighted by molar-refractivity contribution is -0.121. The van der Waals surface area contributed by atoms with Crippen LogP contribution in [0.5, 0.6) is 0 Å². The van der Waals surface area contributed by atoms with Gasteiger partial charge in [-0.05, 0) is 25.0 Å². The molecule has 7 nitrogen and oxygen atoms in total. The van der Waals surface area contributed by atoms with E-state index in [4.69, 9.17) is 4.74 Å². The molecule has 2 aromatic heterocycles. The Kier molecular flexibility index (Phi) is 4.84. The number of rotatable bonds is 3. The molecular weight excluding hydrogens is 328 g/mol. The van der Waals surface area contributed by atoms with Crippen LogP contribution in [0.4, 0.5) is 9.93 Å². The lowest BCUT2D eigenvalue weighted by atomic mass is 9.97. The number of amides is 2. The van der Waals surface area contributed by atoms with Gasteiger partial charge in [-0.1, -0.05) is 0 Å². The number of methoxy groups -OCH3 is 1. The molecule has 1 saturated heterocycles. The number of carbonyl (C=O) groups excluding carboxylic acids is 2. The number of anilines is 1. The summed E-state index contributed by atoms with van der Waals surface area (Å²) in [6.45, 7) is 1.01. The van der Waals surface area contributed by atoms with Crippen molar-refractivity contribution in [3.63, 3.8) is 0 Å². The smallest absolute Gasteiger partial charge is 0.409 e. The quantitative estimate of drug-likeness (QED) is 0.925. The Morgan fingerprint density at radius 2 is 2.29 bits per heavy atom. The van der Waals surface area contributed by atoms with Crippen molar-refractivity contribution < 1.29 is 14.3 Å². The standard InChI is InChI=1S/C16H20N4O3S/c1-19-7-4-6-13(19)12-10-24-15(17-12)18-14(21)11-5-3-8-20(9-11)16(22)23-2/h4,6-7,10-11H,3,5,8-9H2,1-2H3,(H,17,18,21)/t11-/m0/s1. The molecule has 2 aromatic rings. The van der Waals surface area contributed by atoms with E-state index in [2.05, 4.69) is 10.3 Å². The van der Waals surface area contributed by atoms with Gasteiger partial charge in [-0.15, -0.1) is 11.3 Å². The van der Waals surface area contributed by atoms with E-state index in [1.807, 2.05) is 35.3 Å². The molecule has 3 heterocycles. The van der Waals surface area contributed by atoms with Crippen LogP contribution >= 0.6 is 11.3 Å². The van der Waals surface area contributed by atoms with Crippen LogP contribution in [0.3, 0.4) is 0 Å². The second-order valence-electron chi connectivity index (χ2n) is 5.79. The number of ether oxygens (including phenoxy) is 1. The van der Waals surface area contributed by atoms with Crippen LogP contribution in [-0.2, 0) is 16.6 Å². The topological polar surface area (TPSA) is 76.5 Å². The number of carbonyl (C=O) groups is 2. The van der Waals surface area contributed by atoms with Gasteiger partial charge in [0.2, 0.25) is 5.91 Å². The van der Waals surface area contributed by atoms with Crippen LogP contribution in [-0.4, -0.2) is 46.7 Å². The summed E-state index contributed by atoms with van der Waals surface area (Å²) in [5.74, 6) is -0.336. The molecule has 1 fully saturated rings. The summed E-state index contributed by atoms with van der Waals surface area (Å²) in [4.78, 5) is 30.1. The first kappa shape index (κ1) is 16.5. The largest absolute Gasteiger partial charge is 0.453 e. The van der Waals surface area contributed by atoms with Crippen LogP contribution < -0.4 is 5.32 Å². The van der Waals surface area contributed by atoms with Gasteiger partial charge in [0.1, 0.15) is 0 Å². The maximum atomic E-state index is 12.5. The molecule has 24 heavy (non-hydrogen) atoms. The van der Waals surface area contributed by atoms with Crippen molar-refractivity contribution in [3.8, 4) is 11.4 Å².